The van der Waals surface area contributed by atoms with Gasteiger partial charge in [0.1, 0.15) is 11.5 Å². The second kappa shape index (κ2) is 18.4. The van der Waals surface area contributed by atoms with Gasteiger partial charge in [-0.3, -0.25) is 29.2 Å². The first kappa shape index (κ1) is 42.6. The van der Waals surface area contributed by atoms with Gasteiger partial charge in [-0.15, -0.1) is 0 Å². The molecule has 1 atom stereocenters. The van der Waals surface area contributed by atoms with Crippen molar-refractivity contribution >= 4 is 46.8 Å². The number of piperazine rings is 1. The number of imidazole rings is 1. The van der Waals surface area contributed by atoms with Gasteiger partial charge in [-0.25, -0.2) is 9.97 Å². The molecule has 3 amide bonds. The average Bonchev–Trinajstić information content (AvgIpc) is 3.86. The Kier molecular flexibility index (Phi) is 13.0. The number of halogens is 4. The number of aliphatic carboxylic acids is 1. The summed E-state index contributed by atoms with van der Waals surface area (Å²) in [4.78, 5) is 68.3. The highest BCUT2D eigenvalue weighted by molar-refractivity contribution is 6.34. The number of alkyl halides is 3. The van der Waals surface area contributed by atoms with Gasteiger partial charge in [0.2, 0.25) is 5.91 Å². The molecule has 0 bridgehead atoms. The standard InChI is InChI=1S/C39H46ClF3N12O5/c40-29-16-25(50-36(58)35-48-20-26(49-35)15-28-33(51-52-34(28)39(41,42)43)23-1-4-30(47-19-23)46-8-7-44)2-3-27(29)37(59)54-11-13-55(14-12-54)38(60)32(24-17-45-18-24)22-5-9-53(10-6-22)21-31(56)57/h1-4,16,19-20,22,24,32,45H,5-15,17-18,21,44H2,(H,46,47)(H,48,49)(H,50,58)(H,51,52)(H,56,57). The lowest BCUT2D eigenvalue weighted by Gasteiger charge is -2.45. The summed E-state index contributed by atoms with van der Waals surface area (Å²) in [5, 5.41) is 24.2. The van der Waals surface area contributed by atoms with Crippen molar-refractivity contribution in [3.8, 4) is 11.3 Å². The van der Waals surface area contributed by atoms with Crippen LogP contribution in [0.5, 0.6) is 0 Å². The molecule has 0 aliphatic carbocycles. The van der Waals surface area contributed by atoms with Crippen LogP contribution in [0, 0.1) is 17.8 Å². The summed E-state index contributed by atoms with van der Waals surface area (Å²) < 4.78 is 42.0. The van der Waals surface area contributed by atoms with Crippen molar-refractivity contribution < 1.29 is 37.5 Å². The van der Waals surface area contributed by atoms with Crippen LogP contribution in [0.1, 0.15) is 50.8 Å². The zero-order valence-corrected chi connectivity index (χ0v) is 33.3. The quantitative estimate of drug-likeness (QED) is 0.0972. The Morgan fingerprint density at radius 1 is 0.967 bits per heavy atom. The number of nitrogens with two attached hydrogens (primary N) is 1. The maximum atomic E-state index is 14.0. The minimum absolute atomic E-state index is 0.000605. The third-order valence-corrected chi connectivity index (χ3v) is 11.6. The number of hydrogen-bond acceptors (Lipinski definition) is 11. The topological polar surface area (TPSA) is 231 Å². The number of nitrogens with one attached hydrogen (secondary N) is 5. The largest absolute Gasteiger partial charge is 0.480 e. The van der Waals surface area contributed by atoms with Crippen LogP contribution in [0.2, 0.25) is 5.02 Å². The minimum Gasteiger partial charge on any atom is -0.480 e. The highest BCUT2D eigenvalue weighted by Gasteiger charge is 2.42. The van der Waals surface area contributed by atoms with Gasteiger partial charge in [-0.1, -0.05) is 11.6 Å². The molecule has 3 aromatic heterocycles. The van der Waals surface area contributed by atoms with Gasteiger partial charge in [-0.2, -0.15) is 18.3 Å². The van der Waals surface area contributed by atoms with E-state index in [1.165, 1.54) is 30.6 Å². The van der Waals surface area contributed by atoms with E-state index in [1.54, 1.807) is 17.0 Å². The number of pyridine rings is 1. The average molecular weight is 855 g/mol. The number of carboxylic acids is 1. The lowest BCUT2D eigenvalue weighted by Crippen LogP contribution is -2.58. The summed E-state index contributed by atoms with van der Waals surface area (Å²) in [6.45, 7) is 5.03. The van der Waals surface area contributed by atoms with Crippen LogP contribution >= 0.6 is 11.6 Å². The van der Waals surface area contributed by atoms with E-state index >= 15 is 0 Å². The Morgan fingerprint density at radius 3 is 2.32 bits per heavy atom. The summed E-state index contributed by atoms with van der Waals surface area (Å²) in [6, 6.07) is 7.63. The second-order valence-corrected chi connectivity index (χ2v) is 15.6. The van der Waals surface area contributed by atoms with Crippen LogP contribution < -0.4 is 21.7 Å². The molecular formula is C39H46ClF3N12O5. The van der Waals surface area contributed by atoms with Crippen molar-refractivity contribution in [2.75, 3.05) is 82.6 Å². The van der Waals surface area contributed by atoms with E-state index in [2.05, 4.69) is 41.1 Å². The fourth-order valence-electron chi connectivity index (χ4n) is 8.09. The Labute approximate surface area is 347 Å². The number of anilines is 2. The molecule has 3 fully saturated rings. The molecule has 7 rings (SSSR count). The lowest BCUT2D eigenvalue weighted by atomic mass is 9.73. The number of carbonyl (C=O) groups excluding carboxylic acids is 3. The fourth-order valence-corrected chi connectivity index (χ4v) is 8.35. The second-order valence-electron chi connectivity index (χ2n) is 15.2. The van der Waals surface area contributed by atoms with Crippen molar-refractivity contribution in [1.82, 2.24) is 45.2 Å². The van der Waals surface area contributed by atoms with Crippen molar-refractivity contribution in [3.05, 3.63) is 76.1 Å². The lowest BCUT2D eigenvalue weighted by molar-refractivity contribution is -0.144. The first-order chi connectivity index (χ1) is 28.8. The van der Waals surface area contributed by atoms with Gasteiger partial charge in [0.25, 0.3) is 11.8 Å². The van der Waals surface area contributed by atoms with Crippen LogP contribution in [-0.4, -0.2) is 141 Å². The van der Waals surface area contributed by atoms with E-state index in [0.29, 0.717) is 63.7 Å². The summed E-state index contributed by atoms with van der Waals surface area (Å²) in [7, 11) is 0. The molecule has 1 unspecified atom stereocenters. The van der Waals surface area contributed by atoms with Gasteiger partial charge >= 0.3 is 12.1 Å². The summed E-state index contributed by atoms with van der Waals surface area (Å²) in [6.07, 6.45) is -0.824. The molecule has 8 N–H and O–H groups in total. The predicted molar refractivity (Wildman–Crippen MR) is 214 cm³/mol. The van der Waals surface area contributed by atoms with E-state index in [-0.39, 0.29) is 81.6 Å². The molecule has 4 aromatic rings. The molecular weight excluding hydrogens is 809 g/mol. The molecule has 320 valence electrons. The Hall–Kier alpha value is -5.57. The first-order valence-electron chi connectivity index (χ1n) is 19.7. The maximum Gasteiger partial charge on any atom is 0.433 e. The molecule has 17 nitrogen and oxygen atoms in total. The molecule has 0 saturated carbocycles. The fraction of sp³-hybridized carbons (Fsp3) is 0.462. The van der Waals surface area contributed by atoms with Crippen LogP contribution in [0.15, 0.2) is 42.7 Å². The van der Waals surface area contributed by atoms with Crippen molar-refractivity contribution in [2.45, 2.75) is 25.4 Å². The number of rotatable bonds is 14. The van der Waals surface area contributed by atoms with Crippen LogP contribution in [0.3, 0.4) is 0 Å². The highest BCUT2D eigenvalue weighted by atomic mass is 35.5. The van der Waals surface area contributed by atoms with Crippen molar-refractivity contribution in [3.63, 3.8) is 0 Å². The molecule has 21 heteroatoms. The number of benzene rings is 1. The van der Waals surface area contributed by atoms with Gasteiger partial charge in [0.15, 0.2) is 5.82 Å². The Morgan fingerprint density at radius 2 is 1.70 bits per heavy atom. The monoisotopic (exact) mass is 854 g/mol. The van der Waals surface area contributed by atoms with E-state index in [9.17, 15) is 37.5 Å². The number of carbonyl (C=O) groups is 4. The smallest absolute Gasteiger partial charge is 0.433 e. The van der Waals surface area contributed by atoms with Crippen molar-refractivity contribution in [2.24, 2.45) is 23.5 Å². The number of H-pyrrole nitrogens is 2. The van der Waals surface area contributed by atoms with E-state index < -0.39 is 23.7 Å². The molecule has 0 spiro atoms. The molecule has 1 aromatic carbocycles. The number of piperidine rings is 1. The number of likely N-dealkylation sites (tertiary alicyclic amines) is 1. The third-order valence-electron chi connectivity index (χ3n) is 11.3. The highest BCUT2D eigenvalue weighted by Crippen LogP contribution is 2.37. The maximum absolute atomic E-state index is 14.0. The van der Waals surface area contributed by atoms with Crippen LogP contribution in [0.25, 0.3) is 11.3 Å². The normalized spacial score (nSPS) is 17.3. The first-order valence-corrected chi connectivity index (χ1v) is 20.1. The predicted octanol–water partition coefficient (Wildman–Crippen LogP) is 3.00. The number of hydrogen-bond donors (Lipinski definition) is 7. The molecule has 60 heavy (non-hydrogen) atoms. The number of amides is 3. The number of nitrogens with zero attached hydrogens (tertiary/aromatic N) is 6. The van der Waals surface area contributed by atoms with Gasteiger partial charge < -0.3 is 41.6 Å². The van der Waals surface area contributed by atoms with Gasteiger partial charge in [0, 0.05) is 86.5 Å². The third kappa shape index (κ3) is 9.72. The zero-order chi connectivity index (χ0) is 42.6. The van der Waals surface area contributed by atoms with Gasteiger partial charge in [0.05, 0.1) is 22.8 Å². The molecule has 0 radical (unpaired) electrons. The number of aromatic nitrogens is 5. The van der Waals surface area contributed by atoms with Crippen molar-refractivity contribution in [1.29, 1.82) is 0 Å². The van der Waals surface area contributed by atoms with E-state index in [4.69, 9.17) is 17.3 Å². The number of carboxylic acid groups (broad SMARTS) is 1. The summed E-state index contributed by atoms with van der Waals surface area (Å²) in [5.74, 6) is -1.21. The SMILES string of the molecule is NCCNc1ccc(-c2n[nH]c(C(F)(F)F)c2Cc2cnc(C(=O)Nc3ccc(C(=O)N4CCN(C(=O)C(C5CCN(CC(=O)O)CC5)C5CNC5)CC4)c(Cl)c3)[nH]2)cn1. The van der Waals surface area contributed by atoms with Crippen LogP contribution in [-0.2, 0) is 22.2 Å². The zero-order valence-electron chi connectivity index (χ0n) is 32.5. The molecule has 6 heterocycles. The van der Waals surface area contributed by atoms with E-state index in [1.807, 2.05) is 9.80 Å². The van der Waals surface area contributed by atoms with Gasteiger partial charge in [-0.05, 0) is 81.2 Å². The Bertz CT molecular complexity index is 2180. The van der Waals surface area contributed by atoms with Crippen LogP contribution in [0.4, 0.5) is 24.7 Å². The minimum atomic E-state index is -4.74. The number of aromatic amines is 2. The molecule has 3 aliphatic heterocycles. The van der Waals surface area contributed by atoms with E-state index in [0.717, 1.165) is 25.9 Å². The Balaban J connectivity index is 0.947. The molecule has 3 aliphatic rings. The summed E-state index contributed by atoms with van der Waals surface area (Å²) >= 11 is 6.56. The molecule has 3 saturated heterocycles. The summed E-state index contributed by atoms with van der Waals surface area (Å²) in [5.41, 5.74) is 5.39.